The van der Waals surface area contributed by atoms with Gasteiger partial charge in [-0.1, -0.05) is 37.5 Å². The number of benzene rings is 1. The molecule has 0 spiro atoms. The Bertz CT molecular complexity index is 501. The predicted molar refractivity (Wildman–Crippen MR) is 77.9 cm³/mol. The van der Waals surface area contributed by atoms with E-state index in [1.54, 1.807) is 0 Å². The molecule has 1 saturated carbocycles. The number of hydrogen-bond donors (Lipinski definition) is 2. The van der Waals surface area contributed by atoms with Gasteiger partial charge in [-0.2, -0.15) is 0 Å². The van der Waals surface area contributed by atoms with Crippen molar-refractivity contribution >= 4 is 17.7 Å². The Morgan fingerprint density at radius 1 is 1.16 bits per heavy atom. The number of para-hydroxylation sites is 1. The number of carbonyl (C=O) groups is 1. The Labute approximate surface area is 114 Å². The van der Waals surface area contributed by atoms with Crippen LogP contribution in [0.4, 0.5) is 5.69 Å². The molecule has 0 saturated heterocycles. The predicted octanol–water partition coefficient (Wildman–Crippen LogP) is 2.94. The molecule has 19 heavy (non-hydrogen) atoms. The van der Waals surface area contributed by atoms with Crippen LogP contribution in [-0.4, -0.2) is 18.5 Å². The molecule has 0 atom stereocenters. The standard InChI is InChI=1S/C16H20N2O/c19-16(18-14-7-2-1-3-8-14)13-10-12-6-4-5-9-15(12)17-11-13/h4-6,9-10,14,17H,1-3,7-8,11H2,(H,18,19). The van der Waals surface area contributed by atoms with E-state index in [0.717, 1.165) is 29.7 Å². The van der Waals surface area contributed by atoms with E-state index in [-0.39, 0.29) is 5.91 Å². The normalized spacial score (nSPS) is 19.1. The van der Waals surface area contributed by atoms with E-state index in [9.17, 15) is 4.79 Å². The van der Waals surface area contributed by atoms with E-state index in [0.29, 0.717) is 12.6 Å². The van der Waals surface area contributed by atoms with Crippen molar-refractivity contribution in [2.75, 3.05) is 11.9 Å². The maximum Gasteiger partial charge on any atom is 0.249 e. The number of fused-ring (bicyclic) bond motifs is 1. The molecule has 1 fully saturated rings. The molecule has 0 aromatic heterocycles. The second-order valence-electron chi connectivity index (χ2n) is 5.42. The summed E-state index contributed by atoms with van der Waals surface area (Å²) in [4.78, 5) is 12.3. The summed E-state index contributed by atoms with van der Waals surface area (Å²) in [6.45, 7) is 0.621. The fourth-order valence-corrected chi connectivity index (χ4v) is 2.88. The van der Waals surface area contributed by atoms with E-state index in [4.69, 9.17) is 0 Å². The van der Waals surface area contributed by atoms with Crippen LogP contribution in [0.2, 0.25) is 0 Å². The van der Waals surface area contributed by atoms with Crippen molar-refractivity contribution in [2.24, 2.45) is 0 Å². The minimum absolute atomic E-state index is 0.0916. The topological polar surface area (TPSA) is 41.1 Å². The van der Waals surface area contributed by atoms with Gasteiger partial charge in [0.2, 0.25) is 5.91 Å². The summed E-state index contributed by atoms with van der Waals surface area (Å²) < 4.78 is 0. The molecule has 1 amide bonds. The number of nitrogens with one attached hydrogen (secondary N) is 2. The van der Waals surface area contributed by atoms with Gasteiger partial charge in [-0.25, -0.2) is 0 Å². The first kappa shape index (κ1) is 12.3. The van der Waals surface area contributed by atoms with E-state index in [2.05, 4.69) is 10.6 Å². The molecule has 3 nitrogen and oxygen atoms in total. The van der Waals surface area contributed by atoms with Gasteiger partial charge < -0.3 is 10.6 Å². The van der Waals surface area contributed by atoms with Gasteiger partial charge in [0.05, 0.1) is 0 Å². The second-order valence-corrected chi connectivity index (χ2v) is 5.42. The Morgan fingerprint density at radius 3 is 2.79 bits per heavy atom. The van der Waals surface area contributed by atoms with Crippen molar-refractivity contribution in [3.05, 3.63) is 35.4 Å². The molecule has 1 aliphatic heterocycles. The third-order valence-electron chi connectivity index (χ3n) is 3.99. The van der Waals surface area contributed by atoms with Crippen LogP contribution in [0.15, 0.2) is 29.8 Å². The maximum atomic E-state index is 12.3. The fourth-order valence-electron chi connectivity index (χ4n) is 2.88. The monoisotopic (exact) mass is 256 g/mol. The molecule has 0 radical (unpaired) electrons. The lowest BCUT2D eigenvalue weighted by Gasteiger charge is -2.24. The number of amides is 1. The average molecular weight is 256 g/mol. The van der Waals surface area contributed by atoms with Gasteiger partial charge in [0.25, 0.3) is 0 Å². The molecule has 1 aromatic rings. The molecule has 1 aromatic carbocycles. The summed E-state index contributed by atoms with van der Waals surface area (Å²) in [5.41, 5.74) is 3.04. The van der Waals surface area contributed by atoms with Crippen molar-refractivity contribution in [3.63, 3.8) is 0 Å². The Morgan fingerprint density at radius 2 is 1.95 bits per heavy atom. The lowest BCUT2D eigenvalue weighted by atomic mass is 9.95. The molecule has 2 aliphatic rings. The van der Waals surface area contributed by atoms with E-state index in [1.807, 2.05) is 30.3 Å². The molecule has 2 N–H and O–H groups in total. The van der Waals surface area contributed by atoms with Gasteiger partial charge in [0, 0.05) is 23.8 Å². The first-order valence-corrected chi connectivity index (χ1v) is 7.17. The van der Waals surface area contributed by atoms with Crippen molar-refractivity contribution < 1.29 is 4.79 Å². The lowest BCUT2D eigenvalue weighted by Crippen LogP contribution is -2.38. The average Bonchev–Trinajstić information content (AvgIpc) is 2.48. The highest BCUT2D eigenvalue weighted by Crippen LogP contribution is 2.23. The van der Waals surface area contributed by atoms with E-state index < -0.39 is 0 Å². The zero-order valence-corrected chi connectivity index (χ0v) is 11.1. The van der Waals surface area contributed by atoms with Crippen LogP contribution in [0.1, 0.15) is 37.7 Å². The molecule has 3 rings (SSSR count). The summed E-state index contributed by atoms with van der Waals surface area (Å²) in [5.74, 6) is 0.0916. The quantitative estimate of drug-likeness (QED) is 0.854. The summed E-state index contributed by atoms with van der Waals surface area (Å²) >= 11 is 0. The molecule has 1 aliphatic carbocycles. The highest BCUT2D eigenvalue weighted by Gasteiger charge is 2.20. The first-order chi connectivity index (χ1) is 9.33. The van der Waals surface area contributed by atoms with E-state index >= 15 is 0 Å². The van der Waals surface area contributed by atoms with Crippen LogP contribution in [0.3, 0.4) is 0 Å². The number of rotatable bonds is 2. The van der Waals surface area contributed by atoms with Crippen LogP contribution in [0.5, 0.6) is 0 Å². The molecule has 3 heteroatoms. The Kier molecular flexibility index (Phi) is 3.53. The maximum absolute atomic E-state index is 12.3. The van der Waals surface area contributed by atoms with Crippen LogP contribution in [0.25, 0.3) is 6.08 Å². The smallest absolute Gasteiger partial charge is 0.249 e. The van der Waals surface area contributed by atoms with Gasteiger partial charge in [-0.3, -0.25) is 4.79 Å². The number of anilines is 1. The number of hydrogen-bond acceptors (Lipinski definition) is 2. The molecule has 0 bridgehead atoms. The fraction of sp³-hybridized carbons (Fsp3) is 0.438. The zero-order valence-electron chi connectivity index (χ0n) is 11.1. The van der Waals surface area contributed by atoms with Crippen LogP contribution in [-0.2, 0) is 4.79 Å². The minimum atomic E-state index is 0.0916. The summed E-state index contributed by atoms with van der Waals surface area (Å²) in [5, 5.41) is 6.47. The summed E-state index contributed by atoms with van der Waals surface area (Å²) in [6.07, 6.45) is 8.05. The Balaban J connectivity index is 1.69. The molecular formula is C16H20N2O. The van der Waals surface area contributed by atoms with Crippen molar-refractivity contribution in [3.8, 4) is 0 Å². The van der Waals surface area contributed by atoms with Crippen molar-refractivity contribution in [1.29, 1.82) is 0 Å². The van der Waals surface area contributed by atoms with Crippen LogP contribution in [0, 0.1) is 0 Å². The highest BCUT2D eigenvalue weighted by molar-refractivity contribution is 6.00. The minimum Gasteiger partial charge on any atom is -0.380 e. The van der Waals surface area contributed by atoms with Gasteiger partial charge >= 0.3 is 0 Å². The lowest BCUT2D eigenvalue weighted by molar-refractivity contribution is -0.118. The van der Waals surface area contributed by atoms with Gasteiger partial charge in [0.15, 0.2) is 0 Å². The molecule has 0 unspecified atom stereocenters. The second kappa shape index (κ2) is 5.47. The largest absolute Gasteiger partial charge is 0.380 e. The van der Waals surface area contributed by atoms with Crippen LogP contribution < -0.4 is 10.6 Å². The van der Waals surface area contributed by atoms with Gasteiger partial charge in [0.1, 0.15) is 0 Å². The third kappa shape index (κ3) is 2.80. The van der Waals surface area contributed by atoms with Crippen molar-refractivity contribution in [1.82, 2.24) is 5.32 Å². The molecule has 1 heterocycles. The van der Waals surface area contributed by atoms with Gasteiger partial charge in [-0.15, -0.1) is 0 Å². The Hall–Kier alpha value is -1.77. The third-order valence-corrected chi connectivity index (χ3v) is 3.99. The summed E-state index contributed by atoms with van der Waals surface area (Å²) in [7, 11) is 0. The number of carbonyl (C=O) groups excluding carboxylic acids is 1. The summed E-state index contributed by atoms with van der Waals surface area (Å²) in [6, 6.07) is 8.46. The molecule has 100 valence electrons. The molecular weight excluding hydrogens is 236 g/mol. The zero-order chi connectivity index (χ0) is 13.1. The van der Waals surface area contributed by atoms with E-state index in [1.165, 1.54) is 19.3 Å². The van der Waals surface area contributed by atoms with Crippen LogP contribution >= 0.6 is 0 Å². The highest BCUT2D eigenvalue weighted by atomic mass is 16.1. The SMILES string of the molecule is O=C(NC1CCCCC1)C1=Cc2ccccc2NC1. The van der Waals surface area contributed by atoms with Gasteiger partial charge in [-0.05, 0) is 30.5 Å². The van der Waals surface area contributed by atoms with Crippen molar-refractivity contribution in [2.45, 2.75) is 38.1 Å². The first-order valence-electron chi connectivity index (χ1n) is 7.17.